The number of hydrogen-bond donors (Lipinski definition) is 2. The van der Waals surface area contributed by atoms with Crippen molar-refractivity contribution in [1.82, 2.24) is 14.5 Å². The molecule has 0 aliphatic heterocycles. The number of nitrogen functional groups attached to an aromatic ring is 1. The van der Waals surface area contributed by atoms with Crippen LogP contribution >= 0.6 is 11.6 Å². The molecule has 32 heavy (non-hydrogen) atoms. The fourth-order valence-electron chi connectivity index (χ4n) is 4.55. The number of nitrogens with two attached hydrogens (primary N) is 1. The molecule has 2 aromatic carbocycles. The molecule has 1 saturated carbocycles. The molecule has 6 nitrogen and oxygen atoms in total. The highest BCUT2D eigenvalue weighted by molar-refractivity contribution is 6.31. The molecule has 2 aromatic heterocycles. The van der Waals surface area contributed by atoms with Gasteiger partial charge in [-0.2, -0.15) is 0 Å². The van der Waals surface area contributed by atoms with Gasteiger partial charge in [0.25, 0.3) is 0 Å². The average Bonchev–Trinajstić information content (AvgIpc) is 3.47. The number of nitrogens with zero attached hydrogens (tertiary/aromatic N) is 3. The Balaban J connectivity index is 1.53. The molecule has 0 atom stereocenters. The standard InChI is InChI=1S/C25H24ClN5O/c26-20-11-5-1-7-16(20)13-28-21-12-6-4-10-18(21)23(32)19-14-31(17-8-2-3-9-17)25-22(19)24(27)29-15-30-25/h1,4-7,10-12,14-15,17,28H,2-3,8-9,13H2,(H2,27,29,30). The number of carbonyl (C=O) groups is 1. The Morgan fingerprint density at radius 3 is 2.62 bits per heavy atom. The third-order valence-corrected chi connectivity index (χ3v) is 6.57. The van der Waals surface area contributed by atoms with Gasteiger partial charge >= 0.3 is 0 Å². The van der Waals surface area contributed by atoms with Crippen LogP contribution < -0.4 is 11.1 Å². The van der Waals surface area contributed by atoms with Gasteiger partial charge in [0.2, 0.25) is 0 Å². The van der Waals surface area contributed by atoms with E-state index in [1.165, 1.54) is 19.2 Å². The highest BCUT2D eigenvalue weighted by atomic mass is 35.5. The summed E-state index contributed by atoms with van der Waals surface area (Å²) in [5.41, 5.74) is 9.78. The average molecular weight is 446 g/mol. The first-order valence-electron chi connectivity index (χ1n) is 10.9. The van der Waals surface area contributed by atoms with Gasteiger partial charge in [-0.15, -0.1) is 0 Å². The number of hydrogen-bond acceptors (Lipinski definition) is 5. The Kier molecular flexibility index (Phi) is 5.53. The summed E-state index contributed by atoms with van der Waals surface area (Å²) >= 11 is 6.30. The van der Waals surface area contributed by atoms with Crippen LogP contribution in [0.1, 0.15) is 53.2 Å². The Hall–Kier alpha value is -3.38. The molecule has 5 rings (SSSR count). The van der Waals surface area contributed by atoms with Crippen molar-refractivity contribution in [1.29, 1.82) is 0 Å². The van der Waals surface area contributed by atoms with Crippen molar-refractivity contribution in [3.05, 3.63) is 82.8 Å². The second-order valence-corrected chi connectivity index (χ2v) is 8.57. The van der Waals surface area contributed by atoms with Crippen LogP contribution in [0.5, 0.6) is 0 Å². The number of nitrogens with one attached hydrogen (secondary N) is 1. The smallest absolute Gasteiger partial charge is 0.197 e. The van der Waals surface area contributed by atoms with Gasteiger partial charge in [-0.05, 0) is 36.6 Å². The molecule has 2 heterocycles. The molecule has 162 valence electrons. The lowest BCUT2D eigenvalue weighted by Gasteiger charge is -2.12. The molecular formula is C25H24ClN5O. The molecule has 0 spiro atoms. The molecule has 0 unspecified atom stereocenters. The highest BCUT2D eigenvalue weighted by Gasteiger charge is 2.26. The van der Waals surface area contributed by atoms with Crippen molar-refractivity contribution in [3.8, 4) is 0 Å². The van der Waals surface area contributed by atoms with Crippen LogP contribution in [0.3, 0.4) is 0 Å². The van der Waals surface area contributed by atoms with Gasteiger partial charge < -0.3 is 15.6 Å². The summed E-state index contributed by atoms with van der Waals surface area (Å²) in [7, 11) is 0. The number of anilines is 2. The van der Waals surface area contributed by atoms with Gasteiger partial charge in [0, 0.05) is 35.1 Å². The SMILES string of the molecule is Nc1ncnc2c1c(C(=O)c1ccccc1NCc1ccccc1Cl)cn2C1CCCC1. The number of benzene rings is 2. The first-order valence-corrected chi connectivity index (χ1v) is 11.2. The topological polar surface area (TPSA) is 85.8 Å². The van der Waals surface area contributed by atoms with Crippen molar-refractivity contribution in [2.75, 3.05) is 11.1 Å². The van der Waals surface area contributed by atoms with Gasteiger partial charge in [-0.1, -0.05) is 54.8 Å². The summed E-state index contributed by atoms with van der Waals surface area (Å²) in [6.07, 6.45) is 7.91. The molecule has 3 N–H and O–H groups in total. The quantitative estimate of drug-likeness (QED) is 0.376. The van der Waals surface area contributed by atoms with E-state index in [4.69, 9.17) is 17.3 Å². The Morgan fingerprint density at radius 1 is 1.06 bits per heavy atom. The lowest BCUT2D eigenvalue weighted by molar-refractivity contribution is 0.104. The fraction of sp³-hybridized carbons (Fsp3) is 0.240. The maximum absolute atomic E-state index is 13.7. The summed E-state index contributed by atoms with van der Waals surface area (Å²) in [6.45, 7) is 0.513. The van der Waals surface area contributed by atoms with Gasteiger partial charge in [0.05, 0.1) is 10.9 Å². The van der Waals surface area contributed by atoms with E-state index in [1.807, 2.05) is 54.7 Å². The molecule has 7 heteroatoms. The zero-order valence-corrected chi connectivity index (χ0v) is 18.3. The van der Waals surface area contributed by atoms with E-state index < -0.39 is 0 Å². The molecule has 4 aromatic rings. The summed E-state index contributed by atoms with van der Waals surface area (Å²) in [6, 6.07) is 15.5. The normalized spacial score (nSPS) is 14.2. The van der Waals surface area contributed by atoms with Crippen LogP contribution in [-0.2, 0) is 6.54 Å². The lowest BCUT2D eigenvalue weighted by Crippen LogP contribution is -2.09. The number of ketones is 1. The number of carbonyl (C=O) groups excluding carboxylic acids is 1. The van der Waals surface area contributed by atoms with Crippen LogP contribution in [0.4, 0.5) is 11.5 Å². The zero-order chi connectivity index (χ0) is 22.1. The van der Waals surface area contributed by atoms with E-state index in [-0.39, 0.29) is 5.78 Å². The molecule has 1 aliphatic carbocycles. The Labute approximate surface area is 191 Å². The summed E-state index contributed by atoms with van der Waals surface area (Å²) < 4.78 is 2.12. The molecule has 0 saturated heterocycles. The van der Waals surface area contributed by atoms with E-state index in [2.05, 4.69) is 19.9 Å². The van der Waals surface area contributed by atoms with Crippen LogP contribution in [0.2, 0.25) is 5.02 Å². The minimum absolute atomic E-state index is 0.101. The van der Waals surface area contributed by atoms with E-state index in [9.17, 15) is 4.79 Å². The van der Waals surface area contributed by atoms with Gasteiger partial charge in [-0.25, -0.2) is 9.97 Å². The van der Waals surface area contributed by atoms with Crippen molar-refractivity contribution in [3.63, 3.8) is 0 Å². The van der Waals surface area contributed by atoms with Crippen molar-refractivity contribution >= 4 is 39.9 Å². The zero-order valence-electron chi connectivity index (χ0n) is 17.6. The van der Waals surface area contributed by atoms with E-state index in [1.54, 1.807) is 0 Å². The molecule has 1 aliphatic rings. The predicted octanol–water partition coefficient (Wildman–Crippen LogP) is 5.63. The van der Waals surface area contributed by atoms with Crippen LogP contribution in [0.15, 0.2) is 61.1 Å². The summed E-state index contributed by atoms with van der Waals surface area (Å²) in [4.78, 5) is 22.4. The molecule has 1 fully saturated rings. The fourth-order valence-corrected chi connectivity index (χ4v) is 4.76. The van der Waals surface area contributed by atoms with E-state index >= 15 is 0 Å². The summed E-state index contributed by atoms with van der Waals surface area (Å²) in [5.74, 6) is 0.229. The van der Waals surface area contributed by atoms with Gasteiger partial charge in [-0.3, -0.25) is 4.79 Å². The largest absolute Gasteiger partial charge is 0.383 e. The number of rotatable bonds is 6. The monoisotopic (exact) mass is 445 g/mol. The van der Waals surface area contributed by atoms with Crippen LogP contribution in [0.25, 0.3) is 11.0 Å². The summed E-state index contributed by atoms with van der Waals surface area (Å²) in [5, 5.41) is 4.69. The van der Waals surface area contributed by atoms with Crippen molar-refractivity contribution < 1.29 is 4.79 Å². The number of fused-ring (bicyclic) bond motifs is 1. The minimum atomic E-state index is -0.101. The second kappa shape index (κ2) is 8.63. The predicted molar refractivity (Wildman–Crippen MR) is 128 cm³/mol. The van der Waals surface area contributed by atoms with E-state index in [0.29, 0.717) is 39.9 Å². The minimum Gasteiger partial charge on any atom is -0.383 e. The number of halogens is 1. The highest BCUT2D eigenvalue weighted by Crippen LogP contribution is 2.36. The van der Waals surface area contributed by atoms with Gasteiger partial charge in [0.1, 0.15) is 17.8 Å². The second-order valence-electron chi connectivity index (χ2n) is 8.17. The van der Waals surface area contributed by atoms with Crippen LogP contribution in [-0.4, -0.2) is 20.3 Å². The molecule has 0 bridgehead atoms. The Morgan fingerprint density at radius 2 is 1.81 bits per heavy atom. The third kappa shape index (κ3) is 3.71. The van der Waals surface area contributed by atoms with E-state index in [0.717, 1.165) is 29.7 Å². The number of aromatic nitrogens is 3. The maximum atomic E-state index is 13.7. The molecule has 0 radical (unpaired) electrons. The molecule has 0 amide bonds. The van der Waals surface area contributed by atoms with Crippen molar-refractivity contribution in [2.24, 2.45) is 0 Å². The number of para-hydroxylation sites is 1. The van der Waals surface area contributed by atoms with Crippen molar-refractivity contribution in [2.45, 2.75) is 38.3 Å². The third-order valence-electron chi connectivity index (χ3n) is 6.20. The lowest BCUT2D eigenvalue weighted by atomic mass is 10.0. The van der Waals surface area contributed by atoms with Gasteiger partial charge in [0.15, 0.2) is 5.78 Å². The van der Waals surface area contributed by atoms with Crippen LogP contribution in [0, 0.1) is 0 Å². The Bertz CT molecular complexity index is 1290. The maximum Gasteiger partial charge on any atom is 0.197 e. The first kappa shape index (κ1) is 20.5. The molecular weight excluding hydrogens is 422 g/mol. The first-order chi connectivity index (χ1) is 15.6.